The number of hydrogen-bond acceptors (Lipinski definition) is 5. The van der Waals surface area contributed by atoms with Crippen LogP contribution in [0.15, 0.2) is 64.8 Å². The van der Waals surface area contributed by atoms with Crippen LogP contribution in [0.1, 0.15) is 12.0 Å². The third kappa shape index (κ3) is 4.12. The van der Waals surface area contributed by atoms with Gasteiger partial charge in [-0.3, -0.25) is 14.5 Å². The maximum atomic E-state index is 12.6. The summed E-state index contributed by atoms with van der Waals surface area (Å²) in [6.07, 6.45) is 1.22. The Morgan fingerprint density at radius 2 is 1.88 bits per heavy atom. The summed E-state index contributed by atoms with van der Waals surface area (Å²) < 4.78 is 0. The average Bonchev–Trinajstić information content (AvgIpc) is 2.92. The van der Waals surface area contributed by atoms with Crippen molar-refractivity contribution in [2.24, 2.45) is 10.2 Å². The van der Waals surface area contributed by atoms with Crippen molar-refractivity contribution in [3.05, 3.63) is 65.2 Å². The lowest BCUT2D eigenvalue weighted by molar-refractivity contribution is -0.138. The highest BCUT2D eigenvalue weighted by Crippen LogP contribution is 2.33. The van der Waals surface area contributed by atoms with Crippen LogP contribution in [0.3, 0.4) is 0 Å². The highest BCUT2D eigenvalue weighted by molar-refractivity contribution is 8.16. The van der Waals surface area contributed by atoms with Crippen LogP contribution in [0.2, 0.25) is 5.02 Å². The van der Waals surface area contributed by atoms with E-state index in [2.05, 4.69) is 10.2 Å². The summed E-state index contributed by atoms with van der Waals surface area (Å²) in [7, 11) is 0. The number of thioether (sulfide) groups is 1. The SMILES string of the molecule is O=C(O)C[C@H]1S/C(=N\N=C\c2ccccc2Cl)N(c2ccccc2)C1=O. The third-order valence-electron chi connectivity index (χ3n) is 3.55. The number of nitrogens with zero attached hydrogens (tertiary/aromatic N) is 3. The molecule has 1 heterocycles. The fourth-order valence-corrected chi connectivity index (χ4v) is 3.63. The molecule has 2 aromatic carbocycles. The molecule has 0 unspecified atom stereocenters. The second-order valence-corrected chi connectivity index (χ2v) is 6.94. The summed E-state index contributed by atoms with van der Waals surface area (Å²) in [6.45, 7) is 0. The van der Waals surface area contributed by atoms with Gasteiger partial charge in [-0.25, -0.2) is 0 Å². The molecule has 8 heteroatoms. The van der Waals surface area contributed by atoms with Gasteiger partial charge < -0.3 is 5.11 Å². The largest absolute Gasteiger partial charge is 0.481 e. The molecule has 26 heavy (non-hydrogen) atoms. The van der Waals surface area contributed by atoms with E-state index in [1.54, 1.807) is 36.4 Å². The lowest BCUT2D eigenvalue weighted by atomic mass is 10.2. The number of rotatable bonds is 5. The van der Waals surface area contributed by atoms with E-state index < -0.39 is 11.2 Å². The first kappa shape index (κ1) is 18.2. The van der Waals surface area contributed by atoms with Gasteiger partial charge in [0, 0.05) is 10.6 Å². The van der Waals surface area contributed by atoms with Crippen LogP contribution in [0.5, 0.6) is 0 Å². The normalized spacial score (nSPS) is 18.8. The second kappa shape index (κ2) is 8.16. The summed E-state index contributed by atoms with van der Waals surface area (Å²) in [5, 5.41) is 17.3. The van der Waals surface area contributed by atoms with Crippen LogP contribution in [0, 0.1) is 0 Å². The first-order chi connectivity index (χ1) is 12.6. The molecule has 1 N–H and O–H groups in total. The molecule has 1 aliphatic rings. The van der Waals surface area contributed by atoms with Gasteiger partial charge in [0.05, 0.1) is 18.3 Å². The van der Waals surface area contributed by atoms with Crippen LogP contribution in [-0.4, -0.2) is 33.6 Å². The summed E-state index contributed by atoms with van der Waals surface area (Å²) in [4.78, 5) is 25.0. The summed E-state index contributed by atoms with van der Waals surface area (Å²) in [5.74, 6) is -1.36. The number of carboxylic acid groups (broad SMARTS) is 1. The molecule has 0 bridgehead atoms. The van der Waals surface area contributed by atoms with Gasteiger partial charge in [0.15, 0.2) is 5.17 Å². The molecule has 1 amide bonds. The number of benzene rings is 2. The second-order valence-electron chi connectivity index (χ2n) is 5.36. The van der Waals surface area contributed by atoms with Crippen molar-refractivity contribution in [2.75, 3.05) is 4.90 Å². The van der Waals surface area contributed by atoms with Crippen LogP contribution >= 0.6 is 23.4 Å². The topological polar surface area (TPSA) is 82.3 Å². The van der Waals surface area contributed by atoms with E-state index in [1.165, 1.54) is 11.1 Å². The van der Waals surface area contributed by atoms with Crippen molar-refractivity contribution in [1.29, 1.82) is 0 Å². The first-order valence-corrected chi connectivity index (χ1v) is 8.95. The molecular formula is C18H14ClN3O3S. The predicted octanol–water partition coefficient (Wildman–Crippen LogP) is 3.65. The van der Waals surface area contributed by atoms with E-state index in [0.717, 1.165) is 11.8 Å². The van der Waals surface area contributed by atoms with Crippen molar-refractivity contribution >= 4 is 52.3 Å². The molecule has 1 atom stereocenters. The Kier molecular flexibility index (Phi) is 5.70. The van der Waals surface area contributed by atoms with Crippen LogP contribution in [-0.2, 0) is 9.59 Å². The molecule has 1 saturated heterocycles. The fourth-order valence-electron chi connectivity index (χ4n) is 2.36. The van der Waals surface area contributed by atoms with Gasteiger partial charge in [0.25, 0.3) is 0 Å². The van der Waals surface area contributed by atoms with Crippen molar-refractivity contribution < 1.29 is 14.7 Å². The zero-order valence-electron chi connectivity index (χ0n) is 13.4. The van der Waals surface area contributed by atoms with Crippen LogP contribution in [0.25, 0.3) is 0 Å². The maximum absolute atomic E-state index is 12.6. The number of carboxylic acids is 1. The molecule has 0 radical (unpaired) electrons. The smallest absolute Gasteiger partial charge is 0.305 e. The van der Waals surface area contributed by atoms with Crippen LogP contribution < -0.4 is 4.90 Å². The highest BCUT2D eigenvalue weighted by Gasteiger charge is 2.40. The summed E-state index contributed by atoms with van der Waals surface area (Å²) >= 11 is 7.16. The van der Waals surface area contributed by atoms with Gasteiger partial charge in [-0.05, 0) is 18.2 Å². The monoisotopic (exact) mass is 387 g/mol. The number of anilines is 1. The zero-order valence-corrected chi connectivity index (χ0v) is 15.0. The van der Waals surface area contributed by atoms with Gasteiger partial charge in [0.2, 0.25) is 5.91 Å². The Hall–Kier alpha value is -2.64. The van der Waals surface area contributed by atoms with Crippen molar-refractivity contribution in [3.63, 3.8) is 0 Å². The average molecular weight is 388 g/mol. The Balaban J connectivity index is 1.90. The number of amidine groups is 1. The molecule has 1 aliphatic heterocycles. The number of amides is 1. The van der Waals surface area contributed by atoms with Gasteiger partial charge in [0.1, 0.15) is 5.25 Å². The van der Waals surface area contributed by atoms with Gasteiger partial charge in [-0.2, -0.15) is 5.10 Å². The van der Waals surface area contributed by atoms with Gasteiger partial charge in [-0.1, -0.05) is 59.8 Å². The molecule has 0 aromatic heterocycles. The molecular weight excluding hydrogens is 374 g/mol. The molecule has 0 aliphatic carbocycles. The Morgan fingerprint density at radius 3 is 2.58 bits per heavy atom. The molecule has 6 nitrogen and oxygen atoms in total. The molecule has 1 fully saturated rings. The van der Waals surface area contributed by atoms with Crippen molar-refractivity contribution in [3.8, 4) is 0 Å². The van der Waals surface area contributed by atoms with Crippen LogP contribution in [0.4, 0.5) is 5.69 Å². The minimum atomic E-state index is -1.04. The zero-order chi connectivity index (χ0) is 18.5. The lowest BCUT2D eigenvalue weighted by Gasteiger charge is -2.15. The van der Waals surface area contributed by atoms with E-state index in [-0.39, 0.29) is 12.3 Å². The van der Waals surface area contributed by atoms with E-state index in [9.17, 15) is 9.59 Å². The van der Waals surface area contributed by atoms with Gasteiger partial charge >= 0.3 is 5.97 Å². The van der Waals surface area contributed by atoms with E-state index in [1.807, 2.05) is 18.2 Å². The lowest BCUT2D eigenvalue weighted by Crippen LogP contribution is -2.32. The summed E-state index contributed by atoms with van der Waals surface area (Å²) in [6, 6.07) is 16.1. The fraction of sp³-hybridized carbons (Fsp3) is 0.111. The number of carbonyl (C=O) groups is 2. The molecule has 132 valence electrons. The Bertz CT molecular complexity index is 886. The first-order valence-electron chi connectivity index (χ1n) is 7.69. The van der Waals surface area contributed by atoms with E-state index in [0.29, 0.717) is 21.4 Å². The van der Waals surface area contributed by atoms with Crippen molar-refractivity contribution in [1.82, 2.24) is 0 Å². The standard InChI is InChI=1S/C18H14ClN3O3S/c19-14-9-5-4-6-12(14)11-20-21-18-22(13-7-2-1-3-8-13)17(25)15(26-18)10-16(23)24/h1-9,11,15H,10H2,(H,23,24)/b20-11+,21-18-/t15-/m1/s1. The number of aliphatic carboxylic acids is 1. The number of halogens is 1. The third-order valence-corrected chi connectivity index (χ3v) is 5.03. The number of carbonyl (C=O) groups excluding carboxylic acids is 1. The Labute approximate surface area is 159 Å². The summed E-state index contributed by atoms with van der Waals surface area (Å²) in [5.41, 5.74) is 1.31. The Morgan fingerprint density at radius 1 is 1.19 bits per heavy atom. The number of hydrogen-bond donors (Lipinski definition) is 1. The minimum Gasteiger partial charge on any atom is -0.481 e. The maximum Gasteiger partial charge on any atom is 0.305 e. The number of para-hydroxylation sites is 1. The predicted molar refractivity (Wildman–Crippen MR) is 104 cm³/mol. The molecule has 0 spiro atoms. The molecule has 2 aromatic rings. The molecule has 0 saturated carbocycles. The molecule has 3 rings (SSSR count). The van der Waals surface area contributed by atoms with E-state index in [4.69, 9.17) is 16.7 Å². The highest BCUT2D eigenvalue weighted by atomic mass is 35.5. The minimum absolute atomic E-state index is 0.278. The van der Waals surface area contributed by atoms with E-state index >= 15 is 0 Å². The van der Waals surface area contributed by atoms with Gasteiger partial charge in [-0.15, -0.1) is 5.10 Å². The quantitative estimate of drug-likeness (QED) is 0.627. The van der Waals surface area contributed by atoms with Crippen molar-refractivity contribution in [2.45, 2.75) is 11.7 Å².